The van der Waals surface area contributed by atoms with Gasteiger partial charge in [0, 0.05) is 15.9 Å². The van der Waals surface area contributed by atoms with Gasteiger partial charge in [0.05, 0.1) is 5.03 Å². The van der Waals surface area contributed by atoms with E-state index in [2.05, 4.69) is 15.9 Å². The third-order valence-electron chi connectivity index (χ3n) is 1.93. The van der Waals surface area contributed by atoms with Crippen LogP contribution >= 0.6 is 27.5 Å². The van der Waals surface area contributed by atoms with Gasteiger partial charge in [0.15, 0.2) is 0 Å². The molecule has 2 aromatic rings. The molecule has 0 bridgehead atoms. The molecule has 0 spiro atoms. The van der Waals surface area contributed by atoms with E-state index in [0.717, 1.165) is 15.4 Å². The first-order valence-corrected chi connectivity index (χ1v) is 5.38. The summed E-state index contributed by atoms with van der Waals surface area (Å²) in [5.41, 5.74) is 0.741. The zero-order valence-electron chi connectivity index (χ0n) is 7.54. The van der Waals surface area contributed by atoms with Crippen LogP contribution in [0.3, 0.4) is 0 Å². The van der Waals surface area contributed by atoms with Crippen LogP contribution in [0.5, 0.6) is 0 Å². The van der Waals surface area contributed by atoms with Crippen LogP contribution in [0.4, 0.5) is 0 Å². The van der Waals surface area contributed by atoms with Crippen LogP contribution in [0.1, 0.15) is 5.76 Å². The van der Waals surface area contributed by atoms with Crippen molar-refractivity contribution in [3.63, 3.8) is 0 Å². The number of hydrogen-bond acceptors (Lipinski definition) is 2. The van der Waals surface area contributed by atoms with Gasteiger partial charge in [-0.1, -0.05) is 27.5 Å². The number of benzene rings is 1. The minimum atomic E-state index is 0.303. The number of carbonyl (C=O) groups excluding carboxylic acids is 1. The minimum Gasteiger partial charge on any atom is -0.455 e. The van der Waals surface area contributed by atoms with E-state index in [1.807, 2.05) is 18.2 Å². The van der Waals surface area contributed by atoms with Crippen LogP contribution in [0.15, 0.2) is 39.2 Å². The zero-order valence-corrected chi connectivity index (χ0v) is 9.88. The van der Waals surface area contributed by atoms with Crippen molar-refractivity contribution in [2.45, 2.75) is 0 Å². The molecular formula is C11H6BrClO2. The molecule has 0 aliphatic carbocycles. The van der Waals surface area contributed by atoms with Crippen molar-refractivity contribution in [3.05, 3.63) is 40.6 Å². The molecule has 0 amide bonds. The van der Waals surface area contributed by atoms with Gasteiger partial charge in [0.1, 0.15) is 17.6 Å². The maximum Gasteiger partial charge on any atom is 0.146 e. The molecule has 0 unspecified atom stereocenters. The van der Waals surface area contributed by atoms with Crippen LogP contribution in [-0.4, -0.2) is 6.29 Å². The van der Waals surface area contributed by atoms with Gasteiger partial charge in [-0.15, -0.1) is 0 Å². The molecular weight excluding hydrogens is 279 g/mol. The van der Waals surface area contributed by atoms with Gasteiger partial charge in [-0.05, 0) is 24.3 Å². The molecule has 0 fully saturated rings. The largest absolute Gasteiger partial charge is 0.455 e. The lowest BCUT2D eigenvalue weighted by Crippen LogP contribution is -1.70. The number of fused-ring (bicyclic) bond motifs is 1. The number of aldehydes is 1. The van der Waals surface area contributed by atoms with Gasteiger partial charge in [-0.25, -0.2) is 0 Å². The van der Waals surface area contributed by atoms with Crippen molar-refractivity contribution in [1.29, 1.82) is 0 Å². The number of furan rings is 1. The normalized spacial score (nSPS) is 12.0. The third-order valence-corrected chi connectivity index (χ3v) is 2.73. The summed E-state index contributed by atoms with van der Waals surface area (Å²) >= 11 is 9.21. The molecule has 15 heavy (non-hydrogen) atoms. The summed E-state index contributed by atoms with van der Waals surface area (Å²) in [6.45, 7) is 0. The van der Waals surface area contributed by atoms with Crippen molar-refractivity contribution >= 4 is 49.8 Å². The van der Waals surface area contributed by atoms with Gasteiger partial charge < -0.3 is 4.42 Å². The van der Waals surface area contributed by atoms with Gasteiger partial charge in [0.2, 0.25) is 0 Å². The maximum atomic E-state index is 10.2. The van der Waals surface area contributed by atoms with E-state index in [0.29, 0.717) is 17.1 Å². The van der Waals surface area contributed by atoms with E-state index < -0.39 is 0 Å². The fraction of sp³-hybridized carbons (Fsp3) is 0. The summed E-state index contributed by atoms with van der Waals surface area (Å²) in [4.78, 5) is 10.2. The SMILES string of the molecule is O=C/C=C(/Cl)c1cc2cc(Br)ccc2o1. The van der Waals surface area contributed by atoms with Crippen molar-refractivity contribution in [3.8, 4) is 0 Å². The molecule has 76 valence electrons. The first kappa shape index (κ1) is 10.5. The average Bonchev–Trinajstić information content (AvgIpc) is 2.60. The van der Waals surface area contributed by atoms with Crippen LogP contribution in [0.2, 0.25) is 0 Å². The third kappa shape index (κ3) is 2.13. The van der Waals surface area contributed by atoms with Crippen molar-refractivity contribution in [2.75, 3.05) is 0 Å². The number of hydrogen-bond donors (Lipinski definition) is 0. The Labute approximate surface area is 99.6 Å². The van der Waals surface area contributed by atoms with Crippen molar-refractivity contribution < 1.29 is 9.21 Å². The van der Waals surface area contributed by atoms with Crippen molar-refractivity contribution in [1.82, 2.24) is 0 Å². The summed E-state index contributed by atoms with van der Waals surface area (Å²) in [7, 11) is 0. The lowest BCUT2D eigenvalue weighted by Gasteiger charge is -1.89. The molecule has 0 aliphatic rings. The number of allylic oxidation sites excluding steroid dienone is 1. The minimum absolute atomic E-state index is 0.303. The van der Waals surface area contributed by atoms with E-state index in [-0.39, 0.29) is 0 Å². The Morgan fingerprint density at radius 2 is 2.20 bits per heavy atom. The summed E-state index contributed by atoms with van der Waals surface area (Å²) in [5.74, 6) is 0.497. The molecule has 1 aromatic carbocycles. The molecule has 2 nitrogen and oxygen atoms in total. The second-order valence-electron chi connectivity index (χ2n) is 2.94. The van der Waals surface area contributed by atoms with Crippen LogP contribution < -0.4 is 0 Å². The summed E-state index contributed by atoms with van der Waals surface area (Å²) in [6.07, 6.45) is 1.89. The monoisotopic (exact) mass is 284 g/mol. The van der Waals surface area contributed by atoms with E-state index in [1.165, 1.54) is 6.08 Å². The van der Waals surface area contributed by atoms with E-state index >= 15 is 0 Å². The Balaban J connectivity index is 2.56. The predicted octanol–water partition coefficient (Wildman–Crippen LogP) is 3.97. The molecule has 0 saturated carbocycles. The topological polar surface area (TPSA) is 30.2 Å². The highest BCUT2D eigenvalue weighted by atomic mass is 79.9. The standard InChI is InChI=1S/C11H6BrClO2/c12-8-1-2-10-7(5-8)6-11(15-10)9(13)3-4-14/h1-6H/b9-3+. The predicted molar refractivity (Wildman–Crippen MR) is 63.8 cm³/mol. The first-order chi connectivity index (χ1) is 7.20. The Morgan fingerprint density at radius 1 is 1.40 bits per heavy atom. The Bertz CT molecular complexity index is 543. The molecule has 2 rings (SSSR count). The second-order valence-corrected chi connectivity index (χ2v) is 4.27. The smallest absolute Gasteiger partial charge is 0.146 e. The van der Waals surface area contributed by atoms with E-state index in [9.17, 15) is 4.79 Å². The molecule has 0 atom stereocenters. The number of rotatable bonds is 2. The summed E-state index contributed by atoms with van der Waals surface area (Å²) in [5, 5.41) is 1.24. The van der Waals surface area contributed by atoms with Crippen LogP contribution in [-0.2, 0) is 4.79 Å². The van der Waals surface area contributed by atoms with Gasteiger partial charge in [-0.3, -0.25) is 4.79 Å². The maximum absolute atomic E-state index is 10.2. The Hall–Kier alpha value is -1.06. The number of halogens is 2. The molecule has 1 heterocycles. The van der Waals surface area contributed by atoms with Gasteiger partial charge >= 0.3 is 0 Å². The molecule has 0 saturated heterocycles. The highest BCUT2D eigenvalue weighted by Gasteiger charge is 2.06. The molecule has 0 aliphatic heterocycles. The molecule has 4 heteroatoms. The van der Waals surface area contributed by atoms with Crippen molar-refractivity contribution in [2.24, 2.45) is 0 Å². The second kappa shape index (κ2) is 4.21. The lowest BCUT2D eigenvalue weighted by molar-refractivity contribution is -0.104. The Morgan fingerprint density at radius 3 is 2.93 bits per heavy atom. The quantitative estimate of drug-likeness (QED) is 0.617. The molecule has 1 aromatic heterocycles. The fourth-order valence-electron chi connectivity index (χ4n) is 1.27. The molecule has 0 radical (unpaired) electrons. The highest BCUT2D eigenvalue weighted by molar-refractivity contribution is 9.10. The highest BCUT2D eigenvalue weighted by Crippen LogP contribution is 2.28. The Kier molecular flexibility index (Phi) is 2.93. The average molecular weight is 286 g/mol. The number of carbonyl (C=O) groups is 1. The summed E-state index contributed by atoms with van der Waals surface area (Å²) < 4.78 is 6.43. The first-order valence-electron chi connectivity index (χ1n) is 4.21. The summed E-state index contributed by atoms with van der Waals surface area (Å²) in [6, 6.07) is 7.44. The van der Waals surface area contributed by atoms with E-state index in [1.54, 1.807) is 6.07 Å². The van der Waals surface area contributed by atoms with Gasteiger partial charge in [0.25, 0.3) is 0 Å². The molecule has 0 N–H and O–H groups in total. The fourth-order valence-corrected chi connectivity index (χ4v) is 1.80. The van der Waals surface area contributed by atoms with Crippen LogP contribution in [0.25, 0.3) is 16.0 Å². The lowest BCUT2D eigenvalue weighted by atomic mass is 10.2. The van der Waals surface area contributed by atoms with Gasteiger partial charge in [-0.2, -0.15) is 0 Å². The van der Waals surface area contributed by atoms with Crippen LogP contribution in [0, 0.1) is 0 Å². The van der Waals surface area contributed by atoms with E-state index in [4.69, 9.17) is 16.0 Å². The zero-order chi connectivity index (χ0) is 10.8.